The Morgan fingerprint density at radius 3 is 2.35 bits per heavy atom. The maximum absolute atomic E-state index is 13.3. The van der Waals surface area contributed by atoms with Gasteiger partial charge in [0.15, 0.2) is 16.6 Å². The maximum Gasteiger partial charge on any atom is 0.366 e. The molecule has 8 nitrogen and oxygen atoms in total. The average Bonchev–Trinajstić information content (AvgIpc) is 2.87. The molecule has 1 unspecified atom stereocenters. The zero-order chi connectivity index (χ0) is 19.5. The molecule has 1 atom stereocenters. The highest BCUT2D eigenvalue weighted by Crippen LogP contribution is 2.61. The SMILES string of the molecule is CCOP(=O)(OCC)C(OC)c1nc2c(Cl)ncnc2n1CC(C)(C)C. The first-order chi connectivity index (χ1) is 12.2. The molecule has 0 aliphatic heterocycles. The summed E-state index contributed by atoms with van der Waals surface area (Å²) >= 11 is 6.20. The molecular weight excluding hydrogens is 379 g/mol. The van der Waals surface area contributed by atoms with Gasteiger partial charge in [-0.05, 0) is 19.3 Å². The van der Waals surface area contributed by atoms with E-state index in [1.165, 1.54) is 13.4 Å². The van der Waals surface area contributed by atoms with E-state index in [4.69, 9.17) is 25.4 Å². The van der Waals surface area contributed by atoms with Crippen molar-refractivity contribution in [2.75, 3.05) is 20.3 Å². The summed E-state index contributed by atoms with van der Waals surface area (Å²) in [6.45, 7) is 10.7. The van der Waals surface area contributed by atoms with E-state index < -0.39 is 13.4 Å². The van der Waals surface area contributed by atoms with Crippen molar-refractivity contribution < 1.29 is 18.3 Å². The monoisotopic (exact) mass is 404 g/mol. The van der Waals surface area contributed by atoms with E-state index >= 15 is 0 Å². The molecule has 0 bridgehead atoms. The number of rotatable bonds is 8. The number of nitrogens with zero attached hydrogens (tertiary/aromatic N) is 4. The summed E-state index contributed by atoms with van der Waals surface area (Å²) < 4.78 is 31.7. The minimum Gasteiger partial charge on any atom is -0.362 e. The molecule has 0 saturated heterocycles. The molecule has 10 heteroatoms. The van der Waals surface area contributed by atoms with Crippen LogP contribution in [0.4, 0.5) is 0 Å². The van der Waals surface area contributed by atoms with E-state index in [1.54, 1.807) is 13.8 Å². The van der Waals surface area contributed by atoms with E-state index in [0.29, 0.717) is 23.5 Å². The molecule has 2 aromatic rings. The number of ether oxygens (including phenoxy) is 1. The third-order valence-electron chi connectivity index (χ3n) is 3.50. The normalized spacial score (nSPS) is 14.1. The molecular formula is C16H26ClN4O4P. The molecule has 0 aliphatic carbocycles. The second-order valence-corrected chi connectivity index (χ2v) is 9.34. The third kappa shape index (κ3) is 4.43. The Balaban J connectivity index is 2.70. The number of imidazole rings is 1. The summed E-state index contributed by atoms with van der Waals surface area (Å²) in [6, 6.07) is 0. The molecule has 2 aromatic heterocycles. The molecule has 0 saturated carbocycles. The molecule has 26 heavy (non-hydrogen) atoms. The zero-order valence-corrected chi connectivity index (χ0v) is 17.7. The summed E-state index contributed by atoms with van der Waals surface area (Å²) in [5, 5.41) is 0.224. The zero-order valence-electron chi connectivity index (χ0n) is 16.0. The molecule has 0 N–H and O–H groups in total. The van der Waals surface area contributed by atoms with Gasteiger partial charge in [-0.15, -0.1) is 0 Å². The lowest BCUT2D eigenvalue weighted by atomic mass is 9.97. The molecule has 2 rings (SSSR count). The molecule has 0 fully saturated rings. The van der Waals surface area contributed by atoms with Crippen molar-refractivity contribution in [1.82, 2.24) is 19.5 Å². The summed E-state index contributed by atoms with van der Waals surface area (Å²) in [5.41, 5.74) is 0.880. The van der Waals surface area contributed by atoms with Crippen LogP contribution < -0.4 is 0 Å². The Hall–Kier alpha value is -1.05. The minimum atomic E-state index is -3.61. The number of hydrogen-bond acceptors (Lipinski definition) is 7. The van der Waals surface area contributed by atoms with Gasteiger partial charge in [0.05, 0.1) is 13.2 Å². The van der Waals surface area contributed by atoms with Crippen LogP contribution in [0.2, 0.25) is 5.15 Å². The number of aromatic nitrogens is 4. The Bertz CT molecular complexity index is 795. The predicted octanol–water partition coefficient (Wildman–Crippen LogP) is 4.44. The molecule has 146 valence electrons. The highest BCUT2D eigenvalue weighted by molar-refractivity contribution is 7.54. The van der Waals surface area contributed by atoms with Crippen LogP contribution in [0, 0.1) is 5.41 Å². The summed E-state index contributed by atoms with van der Waals surface area (Å²) in [7, 11) is -2.16. The van der Waals surface area contributed by atoms with Crippen molar-refractivity contribution in [2.45, 2.75) is 47.0 Å². The van der Waals surface area contributed by atoms with Crippen molar-refractivity contribution >= 4 is 30.4 Å². The van der Waals surface area contributed by atoms with Crippen LogP contribution in [-0.2, 0) is 24.9 Å². The third-order valence-corrected chi connectivity index (χ3v) is 6.03. The second kappa shape index (κ2) is 8.31. The van der Waals surface area contributed by atoms with Crippen LogP contribution in [0.1, 0.15) is 46.3 Å². The van der Waals surface area contributed by atoms with Crippen molar-refractivity contribution in [3.63, 3.8) is 0 Å². The Morgan fingerprint density at radius 2 is 1.85 bits per heavy atom. The standard InChI is InChI=1S/C16H26ClN4O4P/c1-7-24-26(22,25-8-2)15(23-6)14-20-11-12(17)18-10-19-13(11)21(14)9-16(3,4)5/h10,15H,7-9H2,1-6H3. The van der Waals surface area contributed by atoms with Gasteiger partial charge in [0.25, 0.3) is 0 Å². The van der Waals surface area contributed by atoms with E-state index in [1.807, 2.05) is 4.57 Å². The van der Waals surface area contributed by atoms with Gasteiger partial charge in [0.2, 0.25) is 5.85 Å². The predicted molar refractivity (Wildman–Crippen MR) is 100 cm³/mol. The van der Waals surface area contributed by atoms with E-state index in [9.17, 15) is 4.57 Å². The van der Waals surface area contributed by atoms with Gasteiger partial charge in [-0.2, -0.15) is 0 Å². The number of methoxy groups -OCH3 is 1. The quantitative estimate of drug-likeness (QED) is 0.474. The van der Waals surface area contributed by atoms with Gasteiger partial charge in [-0.25, -0.2) is 15.0 Å². The van der Waals surface area contributed by atoms with Gasteiger partial charge < -0.3 is 18.4 Å². The fourth-order valence-corrected chi connectivity index (χ4v) is 4.63. The summed E-state index contributed by atoms with van der Waals surface area (Å²) in [5.74, 6) is -0.611. The van der Waals surface area contributed by atoms with Crippen LogP contribution >= 0.6 is 19.2 Å². The lowest BCUT2D eigenvalue weighted by Crippen LogP contribution is -2.21. The van der Waals surface area contributed by atoms with E-state index in [0.717, 1.165) is 0 Å². The molecule has 0 radical (unpaired) electrons. The minimum absolute atomic E-state index is 0.0979. The smallest absolute Gasteiger partial charge is 0.362 e. The van der Waals surface area contributed by atoms with Crippen LogP contribution in [0.15, 0.2) is 6.33 Å². The van der Waals surface area contributed by atoms with Crippen LogP contribution in [0.5, 0.6) is 0 Å². The lowest BCUT2D eigenvalue weighted by Gasteiger charge is -2.27. The summed E-state index contributed by atoms with van der Waals surface area (Å²) in [6.07, 6.45) is 1.38. The van der Waals surface area contributed by atoms with Crippen LogP contribution in [0.25, 0.3) is 11.2 Å². The first-order valence-electron chi connectivity index (χ1n) is 8.45. The van der Waals surface area contributed by atoms with Crippen molar-refractivity contribution in [2.24, 2.45) is 5.41 Å². The number of halogens is 1. The average molecular weight is 405 g/mol. The van der Waals surface area contributed by atoms with Crippen molar-refractivity contribution in [1.29, 1.82) is 0 Å². The Kier molecular flexibility index (Phi) is 6.80. The molecule has 0 spiro atoms. The van der Waals surface area contributed by atoms with Gasteiger partial charge in [-0.3, -0.25) is 4.57 Å². The Labute approximate surface area is 158 Å². The van der Waals surface area contributed by atoms with Gasteiger partial charge in [0, 0.05) is 13.7 Å². The first kappa shape index (κ1) is 21.3. The summed E-state index contributed by atoms with van der Waals surface area (Å²) in [4.78, 5) is 12.8. The van der Waals surface area contributed by atoms with Crippen molar-refractivity contribution in [3.05, 3.63) is 17.3 Å². The molecule has 0 amide bonds. The maximum atomic E-state index is 13.3. The Morgan fingerprint density at radius 1 is 1.23 bits per heavy atom. The van der Waals surface area contributed by atoms with Crippen LogP contribution in [0.3, 0.4) is 0 Å². The fourth-order valence-electron chi connectivity index (χ4n) is 2.65. The van der Waals surface area contributed by atoms with Crippen LogP contribution in [-0.4, -0.2) is 39.8 Å². The highest BCUT2D eigenvalue weighted by atomic mass is 35.5. The van der Waals surface area contributed by atoms with E-state index in [-0.39, 0.29) is 23.8 Å². The lowest BCUT2D eigenvalue weighted by molar-refractivity contribution is 0.101. The van der Waals surface area contributed by atoms with Crippen molar-refractivity contribution in [3.8, 4) is 0 Å². The topological polar surface area (TPSA) is 88.4 Å². The first-order valence-corrected chi connectivity index (χ1v) is 10.4. The molecule has 2 heterocycles. The van der Waals surface area contributed by atoms with Gasteiger partial charge in [-0.1, -0.05) is 32.4 Å². The second-order valence-electron chi connectivity index (χ2n) is 6.92. The number of fused-ring (bicyclic) bond motifs is 1. The molecule has 0 aliphatic rings. The van der Waals surface area contributed by atoms with Gasteiger partial charge in [0.1, 0.15) is 11.8 Å². The highest BCUT2D eigenvalue weighted by Gasteiger charge is 2.41. The van der Waals surface area contributed by atoms with E-state index in [2.05, 4.69) is 35.7 Å². The fraction of sp³-hybridized carbons (Fsp3) is 0.688. The molecule has 0 aromatic carbocycles. The largest absolute Gasteiger partial charge is 0.366 e. The van der Waals surface area contributed by atoms with Gasteiger partial charge >= 0.3 is 7.60 Å². The number of hydrogen-bond donors (Lipinski definition) is 0.